The number of benzene rings is 1. The maximum absolute atomic E-state index is 3.47. The third-order valence-corrected chi connectivity index (χ3v) is 4.12. The van der Waals surface area contributed by atoms with Crippen LogP contribution in [0.25, 0.3) is 0 Å². The second-order valence-electron chi connectivity index (χ2n) is 6.92. The van der Waals surface area contributed by atoms with Gasteiger partial charge in [0.05, 0.1) is 0 Å². The van der Waals surface area contributed by atoms with Crippen molar-refractivity contribution in [3.8, 4) is 0 Å². The Morgan fingerprint density at radius 1 is 0.950 bits per heavy atom. The first-order valence-corrected chi connectivity index (χ1v) is 8.26. The van der Waals surface area contributed by atoms with Crippen LogP contribution in [-0.2, 0) is 5.41 Å². The normalized spacial score (nSPS) is 13.4. The van der Waals surface area contributed by atoms with Crippen molar-refractivity contribution in [3.63, 3.8) is 0 Å². The molecule has 0 fully saturated rings. The van der Waals surface area contributed by atoms with Crippen molar-refractivity contribution in [3.05, 3.63) is 35.4 Å². The van der Waals surface area contributed by atoms with Crippen LogP contribution >= 0.6 is 0 Å². The van der Waals surface area contributed by atoms with Crippen molar-refractivity contribution in [1.29, 1.82) is 0 Å². The summed E-state index contributed by atoms with van der Waals surface area (Å²) in [6, 6.07) is 9.68. The summed E-state index contributed by atoms with van der Waals surface area (Å²) in [5, 5.41) is 3.47. The summed E-state index contributed by atoms with van der Waals surface area (Å²) >= 11 is 0. The Balaban J connectivity index is 2.53. The molecule has 1 heteroatoms. The monoisotopic (exact) mass is 275 g/mol. The van der Waals surface area contributed by atoms with Gasteiger partial charge in [-0.25, -0.2) is 0 Å². The first kappa shape index (κ1) is 17.2. The number of nitrogens with one attached hydrogen (secondary N) is 1. The SMILES string of the molecule is CCCCCCCC(NC)c1ccc(C(C)(C)C)cc1. The van der Waals surface area contributed by atoms with Gasteiger partial charge in [0.15, 0.2) is 0 Å². The minimum absolute atomic E-state index is 0.244. The molecule has 114 valence electrons. The van der Waals surface area contributed by atoms with E-state index in [1.165, 1.54) is 49.7 Å². The average molecular weight is 275 g/mol. The Kier molecular flexibility index (Phi) is 7.29. The quantitative estimate of drug-likeness (QED) is 0.608. The van der Waals surface area contributed by atoms with Gasteiger partial charge in [-0.2, -0.15) is 0 Å². The zero-order chi connectivity index (χ0) is 15.0. The van der Waals surface area contributed by atoms with Crippen LogP contribution in [0.2, 0.25) is 0 Å². The van der Waals surface area contributed by atoms with Gasteiger partial charge in [-0.1, -0.05) is 84.1 Å². The van der Waals surface area contributed by atoms with Crippen molar-refractivity contribution in [2.45, 2.75) is 77.7 Å². The highest BCUT2D eigenvalue weighted by molar-refractivity contribution is 5.29. The Morgan fingerprint density at radius 3 is 2.05 bits per heavy atom. The summed E-state index contributed by atoms with van der Waals surface area (Å²) in [7, 11) is 2.08. The molecule has 1 N–H and O–H groups in total. The molecule has 0 aliphatic rings. The molecule has 0 saturated heterocycles. The fourth-order valence-corrected chi connectivity index (χ4v) is 2.65. The first-order chi connectivity index (χ1) is 9.49. The van der Waals surface area contributed by atoms with Gasteiger partial charge in [-0.3, -0.25) is 0 Å². The van der Waals surface area contributed by atoms with Gasteiger partial charge in [0.2, 0.25) is 0 Å². The highest BCUT2D eigenvalue weighted by Gasteiger charge is 2.14. The predicted molar refractivity (Wildman–Crippen MR) is 90.3 cm³/mol. The molecule has 0 saturated carbocycles. The van der Waals surface area contributed by atoms with Gasteiger partial charge in [0.1, 0.15) is 0 Å². The van der Waals surface area contributed by atoms with Crippen molar-refractivity contribution in [2.75, 3.05) is 7.05 Å². The molecule has 0 aromatic heterocycles. The van der Waals surface area contributed by atoms with E-state index in [-0.39, 0.29) is 5.41 Å². The van der Waals surface area contributed by atoms with Crippen LogP contribution in [0.1, 0.15) is 83.4 Å². The summed E-state index contributed by atoms with van der Waals surface area (Å²) in [4.78, 5) is 0. The molecule has 1 aromatic carbocycles. The van der Waals surface area contributed by atoms with E-state index in [1.54, 1.807) is 0 Å². The number of hydrogen-bond donors (Lipinski definition) is 1. The highest BCUT2D eigenvalue weighted by Crippen LogP contribution is 2.25. The zero-order valence-electron chi connectivity index (χ0n) is 14.1. The van der Waals surface area contributed by atoms with Crippen LogP contribution in [-0.4, -0.2) is 7.05 Å². The van der Waals surface area contributed by atoms with E-state index >= 15 is 0 Å². The standard InChI is InChI=1S/C19H33N/c1-6-7-8-9-10-11-18(20-5)16-12-14-17(15-13-16)19(2,3)4/h12-15,18,20H,6-11H2,1-5H3. The van der Waals surface area contributed by atoms with Crippen LogP contribution in [0.5, 0.6) is 0 Å². The van der Waals surface area contributed by atoms with Crippen molar-refractivity contribution < 1.29 is 0 Å². The zero-order valence-corrected chi connectivity index (χ0v) is 14.1. The third-order valence-electron chi connectivity index (χ3n) is 4.12. The Hall–Kier alpha value is -0.820. The summed E-state index contributed by atoms with van der Waals surface area (Å²) in [5.74, 6) is 0. The van der Waals surface area contributed by atoms with E-state index in [1.807, 2.05) is 0 Å². The van der Waals surface area contributed by atoms with Crippen LogP contribution in [0.15, 0.2) is 24.3 Å². The minimum Gasteiger partial charge on any atom is -0.313 e. The number of hydrogen-bond acceptors (Lipinski definition) is 1. The molecule has 1 atom stereocenters. The number of rotatable bonds is 8. The second-order valence-corrected chi connectivity index (χ2v) is 6.92. The molecule has 0 heterocycles. The van der Waals surface area contributed by atoms with E-state index in [2.05, 4.69) is 64.3 Å². The fourth-order valence-electron chi connectivity index (χ4n) is 2.65. The van der Waals surface area contributed by atoms with Gasteiger partial charge in [-0.05, 0) is 30.0 Å². The molecule has 20 heavy (non-hydrogen) atoms. The lowest BCUT2D eigenvalue weighted by molar-refractivity contribution is 0.500. The maximum Gasteiger partial charge on any atom is 0.0317 e. The van der Waals surface area contributed by atoms with Gasteiger partial charge in [-0.15, -0.1) is 0 Å². The molecule has 0 amide bonds. The first-order valence-electron chi connectivity index (χ1n) is 8.26. The lowest BCUT2D eigenvalue weighted by Crippen LogP contribution is -2.17. The lowest BCUT2D eigenvalue weighted by Gasteiger charge is -2.21. The molecular formula is C19H33N. The summed E-state index contributed by atoms with van der Waals surface area (Å²) in [6.07, 6.45) is 8.03. The Bertz CT molecular complexity index is 358. The molecule has 1 rings (SSSR count). The van der Waals surface area contributed by atoms with Gasteiger partial charge in [0, 0.05) is 6.04 Å². The van der Waals surface area contributed by atoms with Crippen LogP contribution in [0.4, 0.5) is 0 Å². The summed E-state index contributed by atoms with van der Waals surface area (Å²) in [6.45, 7) is 9.08. The van der Waals surface area contributed by atoms with Crippen LogP contribution in [0, 0.1) is 0 Å². The van der Waals surface area contributed by atoms with E-state index in [0.29, 0.717) is 6.04 Å². The largest absolute Gasteiger partial charge is 0.313 e. The Labute approximate surface area is 126 Å². The van der Waals surface area contributed by atoms with Crippen molar-refractivity contribution in [1.82, 2.24) is 5.32 Å². The van der Waals surface area contributed by atoms with E-state index in [0.717, 1.165) is 0 Å². The van der Waals surface area contributed by atoms with E-state index in [4.69, 9.17) is 0 Å². The fraction of sp³-hybridized carbons (Fsp3) is 0.684. The molecule has 0 aliphatic carbocycles. The topological polar surface area (TPSA) is 12.0 Å². The van der Waals surface area contributed by atoms with E-state index < -0.39 is 0 Å². The molecule has 1 nitrogen and oxygen atoms in total. The van der Waals surface area contributed by atoms with Crippen molar-refractivity contribution in [2.24, 2.45) is 0 Å². The summed E-state index contributed by atoms with van der Waals surface area (Å²) in [5.41, 5.74) is 3.09. The molecule has 1 aromatic rings. The van der Waals surface area contributed by atoms with Crippen LogP contribution < -0.4 is 5.32 Å². The van der Waals surface area contributed by atoms with Crippen molar-refractivity contribution >= 4 is 0 Å². The van der Waals surface area contributed by atoms with E-state index in [9.17, 15) is 0 Å². The van der Waals surface area contributed by atoms with Gasteiger partial charge >= 0.3 is 0 Å². The van der Waals surface area contributed by atoms with Gasteiger partial charge < -0.3 is 5.32 Å². The smallest absolute Gasteiger partial charge is 0.0317 e. The predicted octanol–water partition coefficient (Wildman–Crippen LogP) is 5.61. The lowest BCUT2D eigenvalue weighted by atomic mass is 9.86. The molecule has 0 bridgehead atoms. The molecular weight excluding hydrogens is 242 g/mol. The summed E-state index contributed by atoms with van der Waals surface area (Å²) < 4.78 is 0. The molecule has 0 radical (unpaired) electrons. The molecule has 1 unspecified atom stereocenters. The maximum atomic E-state index is 3.47. The second kappa shape index (κ2) is 8.46. The minimum atomic E-state index is 0.244. The molecule has 0 spiro atoms. The Morgan fingerprint density at radius 2 is 1.55 bits per heavy atom. The van der Waals surface area contributed by atoms with Gasteiger partial charge in [0.25, 0.3) is 0 Å². The molecule has 0 aliphatic heterocycles. The average Bonchev–Trinajstić information content (AvgIpc) is 2.42. The third kappa shape index (κ3) is 5.66. The highest BCUT2D eigenvalue weighted by atomic mass is 14.9. The number of unbranched alkanes of at least 4 members (excludes halogenated alkanes) is 4. The van der Waals surface area contributed by atoms with Crippen LogP contribution in [0.3, 0.4) is 0 Å².